The fraction of sp³-hybridized carbons (Fsp3) is 0.143. The maximum Gasteiger partial charge on any atom is 0.417 e. The highest BCUT2D eigenvalue weighted by Crippen LogP contribution is 2.37. The molecule has 10 heteroatoms. The summed E-state index contributed by atoms with van der Waals surface area (Å²) in [7, 11) is 0. The number of H-pyrrole nitrogens is 1. The fourth-order valence-electron chi connectivity index (χ4n) is 2.26. The monoisotopic (exact) mass is 356 g/mol. The largest absolute Gasteiger partial charge is 0.417 e. The van der Waals surface area contributed by atoms with Crippen LogP contribution in [0.4, 0.5) is 13.2 Å². The third-order valence-electron chi connectivity index (χ3n) is 3.36. The standard InChI is InChI=1S/C14H8ClF3N4O2/c15-9-2-1-7(5-8(9)14(16,17)18)11-10-12(21-20-11)19-6-22(3-4-23)13(10)24/h1-2,4-6H,3H2,(H,20,21). The Labute approximate surface area is 136 Å². The number of aromatic nitrogens is 4. The van der Waals surface area contributed by atoms with Gasteiger partial charge in [-0.15, -0.1) is 0 Å². The molecule has 2 heterocycles. The van der Waals surface area contributed by atoms with E-state index in [0.717, 1.165) is 23.0 Å². The number of hydrogen-bond acceptors (Lipinski definition) is 4. The second kappa shape index (κ2) is 5.75. The van der Waals surface area contributed by atoms with Crippen LogP contribution in [0.3, 0.4) is 0 Å². The summed E-state index contributed by atoms with van der Waals surface area (Å²) in [6.07, 6.45) is -2.97. The predicted molar refractivity (Wildman–Crippen MR) is 79.7 cm³/mol. The van der Waals surface area contributed by atoms with Crippen LogP contribution in [0.15, 0.2) is 29.3 Å². The highest BCUT2D eigenvalue weighted by molar-refractivity contribution is 6.31. The molecule has 0 amide bonds. The molecule has 0 saturated carbocycles. The van der Waals surface area contributed by atoms with E-state index in [1.165, 1.54) is 6.07 Å². The number of aldehydes is 1. The van der Waals surface area contributed by atoms with Crippen molar-refractivity contribution >= 4 is 28.9 Å². The molecule has 0 atom stereocenters. The topological polar surface area (TPSA) is 80.6 Å². The number of nitrogens with zero attached hydrogens (tertiary/aromatic N) is 3. The zero-order chi connectivity index (χ0) is 17.5. The van der Waals surface area contributed by atoms with Gasteiger partial charge in [-0.2, -0.15) is 18.3 Å². The van der Waals surface area contributed by atoms with E-state index in [1.54, 1.807) is 0 Å². The van der Waals surface area contributed by atoms with Crippen molar-refractivity contribution in [3.05, 3.63) is 45.5 Å². The first-order chi connectivity index (χ1) is 11.3. The van der Waals surface area contributed by atoms with Crippen LogP contribution in [0.2, 0.25) is 5.02 Å². The third-order valence-corrected chi connectivity index (χ3v) is 3.69. The average molecular weight is 357 g/mol. The minimum absolute atomic E-state index is 0.00455. The fourth-order valence-corrected chi connectivity index (χ4v) is 2.49. The number of benzene rings is 1. The second-order valence-corrected chi connectivity index (χ2v) is 5.26. The van der Waals surface area contributed by atoms with E-state index in [-0.39, 0.29) is 28.8 Å². The number of carbonyl (C=O) groups excluding carboxylic acids is 1. The summed E-state index contributed by atoms with van der Waals surface area (Å²) in [5.74, 6) is 0. The molecular weight excluding hydrogens is 349 g/mol. The smallest absolute Gasteiger partial charge is 0.301 e. The van der Waals surface area contributed by atoms with Gasteiger partial charge in [-0.25, -0.2) is 4.98 Å². The Bertz CT molecular complexity index is 994. The van der Waals surface area contributed by atoms with Crippen LogP contribution >= 0.6 is 11.6 Å². The van der Waals surface area contributed by atoms with Gasteiger partial charge in [-0.1, -0.05) is 17.7 Å². The highest BCUT2D eigenvalue weighted by Gasteiger charge is 2.33. The van der Waals surface area contributed by atoms with Crippen LogP contribution < -0.4 is 5.56 Å². The summed E-state index contributed by atoms with van der Waals surface area (Å²) >= 11 is 5.59. The van der Waals surface area contributed by atoms with Crippen molar-refractivity contribution in [2.24, 2.45) is 0 Å². The molecule has 0 fully saturated rings. The predicted octanol–water partition coefficient (Wildman–Crippen LogP) is 2.66. The number of halogens is 4. The lowest BCUT2D eigenvalue weighted by Gasteiger charge is -2.10. The van der Waals surface area contributed by atoms with Gasteiger partial charge in [0, 0.05) is 5.56 Å². The molecule has 2 aromatic heterocycles. The van der Waals surface area contributed by atoms with Crippen LogP contribution in [0.5, 0.6) is 0 Å². The maximum atomic E-state index is 13.0. The van der Waals surface area contributed by atoms with Crippen LogP contribution in [-0.2, 0) is 17.5 Å². The molecule has 0 bridgehead atoms. The Hall–Kier alpha value is -2.68. The van der Waals surface area contributed by atoms with Gasteiger partial charge in [0.05, 0.1) is 17.1 Å². The van der Waals surface area contributed by atoms with Crippen LogP contribution in [0.1, 0.15) is 5.56 Å². The number of nitrogens with one attached hydrogen (secondary N) is 1. The van der Waals surface area contributed by atoms with Crippen molar-refractivity contribution in [2.45, 2.75) is 12.7 Å². The molecule has 0 spiro atoms. The van der Waals surface area contributed by atoms with E-state index in [4.69, 9.17) is 11.6 Å². The van der Waals surface area contributed by atoms with Gasteiger partial charge in [0.25, 0.3) is 5.56 Å². The van der Waals surface area contributed by atoms with Gasteiger partial charge >= 0.3 is 6.18 Å². The van der Waals surface area contributed by atoms with E-state index < -0.39 is 22.3 Å². The molecule has 6 nitrogen and oxygen atoms in total. The zero-order valence-corrected chi connectivity index (χ0v) is 12.5. The Balaban J connectivity index is 2.26. The zero-order valence-electron chi connectivity index (χ0n) is 11.8. The summed E-state index contributed by atoms with van der Waals surface area (Å²) in [4.78, 5) is 26.9. The van der Waals surface area contributed by atoms with Crippen LogP contribution in [0.25, 0.3) is 22.3 Å². The van der Waals surface area contributed by atoms with Crippen molar-refractivity contribution in [1.82, 2.24) is 19.7 Å². The van der Waals surface area contributed by atoms with Gasteiger partial charge in [0.2, 0.25) is 0 Å². The van der Waals surface area contributed by atoms with Crippen LogP contribution in [-0.4, -0.2) is 26.0 Å². The number of aromatic amines is 1. The minimum Gasteiger partial charge on any atom is -0.301 e. The van der Waals surface area contributed by atoms with E-state index in [9.17, 15) is 22.8 Å². The first kappa shape index (κ1) is 16.2. The quantitative estimate of drug-likeness (QED) is 0.732. The lowest BCUT2D eigenvalue weighted by Crippen LogP contribution is -2.21. The van der Waals surface area contributed by atoms with E-state index in [0.29, 0.717) is 6.29 Å². The molecular formula is C14H8ClF3N4O2. The summed E-state index contributed by atoms with van der Waals surface area (Å²) in [5.41, 5.74) is -1.44. The molecule has 124 valence electrons. The first-order valence-corrected chi connectivity index (χ1v) is 6.95. The van der Waals surface area contributed by atoms with Gasteiger partial charge in [-0.05, 0) is 12.1 Å². The van der Waals surface area contributed by atoms with Gasteiger partial charge < -0.3 is 4.79 Å². The van der Waals surface area contributed by atoms with Gasteiger partial charge in [0.15, 0.2) is 5.65 Å². The summed E-state index contributed by atoms with van der Waals surface area (Å²) < 4.78 is 40.0. The molecule has 0 saturated heterocycles. The normalized spacial score (nSPS) is 11.8. The molecule has 0 aliphatic heterocycles. The van der Waals surface area contributed by atoms with E-state index in [1.807, 2.05) is 0 Å². The number of fused-ring (bicyclic) bond motifs is 1. The second-order valence-electron chi connectivity index (χ2n) is 4.86. The molecule has 0 radical (unpaired) electrons. The molecule has 0 unspecified atom stereocenters. The Morgan fingerprint density at radius 1 is 1.33 bits per heavy atom. The van der Waals surface area contributed by atoms with Crippen molar-refractivity contribution in [2.75, 3.05) is 0 Å². The van der Waals surface area contributed by atoms with E-state index in [2.05, 4.69) is 15.2 Å². The Morgan fingerprint density at radius 2 is 2.08 bits per heavy atom. The van der Waals surface area contributed by atoms with E-state index >= 15 is 0 Å². The third kappa shape index (κ3) is 2.67. The first-order valence-electron chi connectivity index (χ1n) is 6.57. The molecule has 3 aromatic rings. The van der Waals surface area contributed by atoms with Crippen LogP contribution in [0, 0.1) is 0 Å². The average Bonchev–Trinajstić information content (AvgIpc) is 2.94. The molecule has 24 heavy (non-hydrogen) atoms. The van der Waals surface area contributed by atoms with Gasteiger partial charge in [-0.3, -0.25) is 14.5 Å². The number of rotatable bonds is 3. The van der Waals surface area contributed by atoms with Crippen molar-refractivity contribution in [1.29, 1.82) is 0 Å². The molecule has 1 aromatic carbocycles. The Kier molecular flexibility index (Phi) is 3.88. The highest BCUT2D eigenvalue weighted by atomic mass is 35.5. The Morgan fingerprint density at radius 3 is 2.75 bits per heavy atom. The van der Waals surface area contributed by atoms with Crippen molar-refractivity contribution < 1.29 is 18.0 Å². The SMILES string of the molecule is O=CCn1cnc2[nH]nc(-c3ccc(Cl)c(C(F)(F)F)c3)c2c1=O. The van der Waals surface area contributed by atoms with Gasteiger partial charge in [0.1, 0.15) is 23.7 Å². The molecule has 0 aliphatic carbocycles. The summed E-state index contributed by atoms with van der Waals surface area (Å²) in [6.45, 7) is -0.221. The number of carbonyl (C=O) groups is 1. The maximum absolute atomic E-state index is 13.0. The molecule has 0 aliphatic rings. The summed E-state index contributed by atoms with van der Waals surface area (Å²) in [6, 6.07) is 3.22. The number of alkyl halides is 3. The summed E-state index contributed by atoms with van der Waals surface area (Å²) in [5, 5.41) is 5.91. The lowest BCUT2D eigenvalue weighted by atomic mass is 10.1. The lowest BCUT2D eigenvalue weighted by molar-refractivity contribution is -0.137. The number of hydrogen-bond donors (Lipinski definition) is 1. The molecule has 3 rings (SSSR count). The van der Waals surface area contributed by atoms with Crippen molar-refractivity contribution in [3.8, 4) is 11.3 Å². The minimum atomic E-state index is -4.64. The molecule has 1 N–H and O–H groups in total. The van der Waals surface area contributed by atoms with Crippen molar-refractivity contribution in [3.63, 3.8) is 0 Å².